The van der Waals surface area contributed by atoms with Gasteiger partial charge in [-0.25, -0.2) is 13.6 Å². The zero-order chi connectivity index (χ0) is 15.2. The minimum absolute atomic E-state index is 0.0289. The van der Waals surface area contributed by atoms with Crippen molar-refractivity contribution >= 4 is 27.5 Å². The molecule has 1 aromatic carbocycles. The molecule has 0 aliphatic rings. The Hall–Kier alpha value is -1.35. The highest BCUT2D eigenvalue weighted by Gasteiger charge is 2.16. The second kappa shape index (κ2) is 7.44. The lowest BCUT2D eigenvalue weighted by Crippen LogP contribution is -2.31. The van der Waals surface area contributed by atoms with Gasteiger partial charge in [0.05, 0.1) is 6.61 Å². The highest BCUT2D eigenvalue weighted by Crippen LogP contribution is 2.26. The number of primary sulfonamides is 1. The van der Waals surface area contributed by atoms with E-state index in [0.29, 0.717) is 13.2 Å². The normalized spacial score (nSPS) is 11.2. The van der Waals surface area contributed by atoms with Crippen molar-refractivity contribution in [1.29, 1.82) is 0 Å². The van der Waals surface area contributed by atoms with E-state index in [2.05, 4.69) is 5.32 Å². The van der Waals surface area contributed by atoms with Gasteiger partial charge in [-0.05, 0) is 18.2 Å². The number of amides is 1. The molecule has 0 bridgehead atoms. The molecular formula is C11H15ClN2O5S. The number of ether oxygens (including phenoxy) is 2. The molecule has 7 nitrogen and oxygen atoms in total. The van der Waals surface area contributed by atoms with Crippen LogP contribution < -0.4 is 15.2 Å². The third-order valence-corrected chi connectivity index (χ3v) is 3.37. The largest absolute Gasteiger partial charge is 0.482 e. The fraction of sp³-hybridized carbons (Fsp3) is 0.364. The van der Waals surface area contributed by atoms with E-state index in [1.54, 1.807) is 0 Å². The zero-order valence-corrected chi connectivity index (χ0v) is 12.3. The Morgan fingerprint density at radius 2 is 2.15 bits per heavy atom. The maximum Gasteiger partial charge on any atom is 0.258 e. The molecule has 1 amide bonds. The number of benzene rings is 1. The Bertz CT molecular complexity index is 576. The average Bonchev–Trinajstić information content (AvgIpc) is 2.36. The van der Waals surface area contributed by atoms with E-state index >= 15 is 0 Å². The van der Waals surface area contributed by atoms with Crippen LogP contribution in [0, 0.1) is 0 Å². The van der Waals surface area contributed by atoms with Crippen molar-refractivity contribution < 1.29 is 22.7 Å². The standard InChI is InChI=1S/C11H15ClN2O5S/c1-18-5-4-14-11(15)7-19-9-3-2-8(12)6-10(9)20(13,16)17/h2-3,6H,4-5,7H2,1H3,(H,14,15)(H2,13,16,17). The van der Waals surface area contributed by atoms with Crippen molar-refractivity contribution in [2.45, 2.75) is 4.90 Å². The van der Waals surface area contributed by atoms with Crippen LogP contribution in [0.1, 0.15) is 0 Å². The van der Waals surface area contributed by atoms with E-state index in [9.17, 15) is 13.2 Å². The van der Waals surface area contributed by atoms with Gasteiger partial charge in [-0.1, -0.05) is 11.6 Å². The van der Waals surface area contributed by atoms with Crippen LogP contribution in [0.4, 0.5) is 0 Å². The van der Waals surface area contributed by atoms with Crippen molar-refractivity contribution in [2.75, 3.05) is 26.9 Å². The second-order valence-electron chi connectivity index (χ2n) is 3.77. The maximum absolute atomic E-state index is 11.4. The van der Waals surface area contributed by atoms with Gasteiger partial charge < -0.3 is 14.8 Å². The van der Waals surface area contributed by atoms with Crippen molar-refractivity contribution in [1.82, 2.24) is 5.32 Å². The predicted octanol–water partition coefficient (Wildman–Crippen LogP) is 0.129. The summed E-state index contributed by atoms with van der Waals surface area (Å²) in [5, 5.41) is 7.78. The van der Waals surface area contributed by atoms with Crippen molar-refractivity contribution in [2.24, 2.45) is 5.14 Å². The minimum atomic E-state index is -3.99. The lowest BCUT2D eigenvalue weighted by Gasteiger charge is -2.10. The first kappa shape index (κ1) is 16.7. The van der Waals surface area contributed by atoms with Gasteiger partial charge in [-0.3, -0.25) is 4.79 Å². The molecule has 0 unspecified atom stereocenters. The molecule has 0 saturated carbocycles. The minimum Gasteiger partial charge on any atom is -0.482 e. The van der Waals surface area contributed by atoms with E-state index in [4.69, 9.17) is 26.2 Å². The number of nitrogens with one attached hydrogen (secondary N) is 1. The molecule has 0 atom stereocenters. The molecule has 0 spiro atoms. The number of carbonyl (C=O) groups excluding carboxylic acids is 1. The molecule has 9 heteroatoms. The van der Waals surface area contributed by atoms with Gasteiger partial charge in [0.1, 0.15) is 10.6 Å². The Morgan fingerprint density at radius 1 is 1.45 bits per heavy atom. The zero-order valence-electron chi connectivity index (χ0n) is 10.8. The number of carbonyl (C=O) groups is 1. The van der Waals surface area contributed by atoms with Crippen LogP contribution in [0.25, 0.3) is 0 Å². The van der Waals surface area contributed by atoms with Gasteiger partial charge in [0.15, 0.2) is 6.61 Å². The summed E-state index contributed by atoms with van der Waals surface area (Å²) in [5.74, 6) is -0.434. The van der Waals surface area contributed by atoms with E-state index in [0.717, 1.165) is 6.07 Å². The molecule has 112 valence electrons. The van der Waals surface area contributed by atoms with Gasteiger partial charge in [0, 0.05) is 18.7 Å². The van der Waals surface area contributed by atoms with E-state index in [1.807, 2.05) is 0 Å². The summed E-state index contributed by atoms with van der Waals surface area (Å²) < 4.78 is 32.7. The summed E-state index contributed by atoms with van der Waals surface area (Å²) in [6.07, 6.45) is 0. The summed E-state index contributed by atoms with van der Waals surface area (Å²) >= 11 is 5.70. The molecule has 0 saturated heterocycles. The number of methoxy groups -OCH3 is 1. The molecule has 0 aliphatic carbocycles. The van der Waals surface area contributed by atoms with E-state index < -0.39 is 15.9 Å². The summed E-state index contributed by atoms with van der Waals surface area (Å²) in [6, 6.07) is 3.94. The molecule has 20 heavy (non-hydrogen) atoms. The Kier molecular flexibility index (Phi) is 6.21. The highest BCUT2D eigenvalue weighted by atomic mass is 35.5. The molecule has 0 aromatic heterocycles. The third kappa shape index (κ3) is 5.33. The van der Waals surface area contributed by atoms with Crippen molar-refractivity contribution in [3.63, 3.8) is 0 Å². The Labute approximate surface area is 122 Å². The number of halogens is 1. The second-order valence-corrected chi connectivity index (χ2v) is 5.73. The van der Waals surface area contributed by atoms with Crippen LogP contribution >= 0.6 is 11.6 Å². The predicted molar refractivity (Wildman–Crippen MR) is 73.2 cm³/mol. The SMILES string of the molecule is COCCNC(=O)COc1ccc(Cl)cc1S(N)(=O)=O. The van der Waals surface area contributed by atoms with Crippen molar-refractivity contribution in [3.8, 4) is 5.75 Å². The number of hydrogen-bond acceptors (Lipinski definition) is 5. The Balaban J connectivity index is 2.71. The van der Waals surface area contributed by atoms with Crippen LogP contribution in [-0.4, -0.2) is 41.2 Å². The monoisotopic (exact) mass is 322 g/mol. The molecule has 0 aliphatic heterocycles. The van der Waals surface area contributed by atoms with Crippen molar-refractivity contribution in [3.05, 3.63) is 23.2 Å². The smallest absolute Gasteiger partial charge is 0.258 e. The first-order chi connectivity index (χ1) is 9.34. The molecule has 0 radical (unpaired) electrons. The summed E-state index contributed by atoms with van der Waals surface area (Å²) in [4.78, 5) is 11.2. The van der Waals surface area contributed by atoms with Gasteiger partial charge in [0.2, 0.25) is 10.0 Å². The first-order valence-electron chi connectivity index (χ1n) is 5.55. The quantitative estimate of drug-likeness (QED) is 0.694. The molecule has 0 heterocycles. The molecule has 1 aromatic rings. The number of rotatable bonds is 7. The summed E-state index contributed by atoms with van der Waals surface area (Å²) in [5.41, 5.74) is 0. The number of sulfonamides is 1. The molecule has 1 rings (SSSR count). The highest BCUT2D eigenvalue weighted by molar-refractivity contribution is 7.89. The Morgan fingerprint density at radius 3 is 2.75 bits per heavy atom. The van der Waals surface area contributed by atoms with Crippen LogP contribution in [0.2, 0.25) is 5.02 Å². The first-order valence-corrected chi connectivity index (χ1v) is 7.48. The maximum atomic E-state index is 11.4. The fourth-order valence-electron chi connectivity index (χ4n) is 1.31. The molecule has 3 N–H and O–H groups in total. The number of nitrogens with two attached hydrogens (primary N) is 1. The lowest BCUT2D eigenvalue weighted by atomic mass is 10.3. The van der Waals surface area contributed by atoms with Gasteiger partial charge >= 0.3 is 0 Å². The van der Waals surface area contributed by atoms with E-state index in [1.165, 1.54) is 19.2 Å². The van der Waals surface area contributed by atoms with Gasteiger partial charge in [-0.15, -0.1) is 0 Å². The van der Waals surface area contributed by atoms with Gasteiger partial charge in [-0.2, -0.15) is 0 Å². The third-order valence-electron chi connectivity index (χ3n) is 2.20. The van der Waals surface area contributed by atoms with E-state index in [-0.39, 0.29) is 22.3 Å². The summed E-state index contributed by atoms with van der Waals surface area (Å²) in [6.45, 7) is 0.365. The summed E-state index contributed by atoms with van der Waals surface area (Å²) in [7, 11) is -2.48. The van der Waals surface area contributed by atoms with Crippen LogP contribution in [-0.2, 0) is 19.6 Å². The fourth-order valence-corrected chi connectivity index (χ4v) is 2.25. The molecule has 0 fully saturated rings. The average molecular weight is 323 g/mol. The lowest BCUT2D eigenvalue weighted by molar-refractivity contribution is -0.123. The molecular weight excluding hydrogens is 308 g/mol. The van der Waals surface area contributed by atoms with Crippen LogP contribution in [0.3, 0.4) is 0 Å². The number of hydrogen-bond donors (Lipinski definition) is 2. The van der Waals surface area contributed by atoms with Gasteiger partial charge in [0.25, 0.3) is 5.91 Å². The topological polar surface area (TPSA) is 108 Å². The van der Waals surface area contributed by atoms with Crippen LogP contribution in [0.5, 0.6) is 5.75 Å². The van der Waals surface area contributed by atoms with Crippen LogP contribution in [0.15, 0.2) is 23.1 Å².